The number of hydrogen-bond donors (Lipinski definition) is 2. The molecule has 0 fully saturated rings. The van der Waals surface area contributed by atoms with Gasteiger partial charge in [0.15, 0.2) is 0 Å². The van der Waals surface area contributed by atoms with Gasteiger partial charge >= 0.3 is 6.09 Å². The fourth-order valence-electron chi connectivity index (χ4n) is 2.92. The first-order valence-corrected chi connectivity index (χ1v) is 9.41. The number of aromatic nitrogens is 5. The Balaban J connectivity index is 1.60. The summed E-state index contributed by atoms with van der Waals surface area (Å²) >= 11 is 1.61. The molecule has 0 spiro atoms. The summed E-state index contributed by atoms with van der Waals surface area (Å²) in [5, 5.41) is 21.8. The molecule has 1 unspecified atom stereocenters. The predicted molar refractivity (Wildman–Crippen MR) is 104 cm³/mol. The third-order valence-electron chi connectivity index (χ3n) is 4.31. The molecule has 4 aromatic rings. The second-order valence-corrected chi connectivity index (χ2v) is 7.14. The van der Waals surface area contributed by atoms with Crippen LogP contribution in [0.2, 0.25) is 0 Å². The number of carbonyl (C=O) groups is 1. The van der Waals surface area contributed by atoms with E-state index < -0.39 is 12.2 Å². The lowest BCUT2D eigenvalue weighted by Gasteiger charge is -2.09. The minimum absolute atomic E-state index is 0.444. The molecular formula is C18H18N6O3S. The third kappa shape index (κ3) is 3.23. The van der Waals surface area contributed by atoms with Crippen molar-refractivity contribution in [2.45, 2.75) is 19.4 Å². The van der Waals surface area contributed by atoms with E-state index in [9.17, 15) is 9.90 Å². The van der Waals surface area contributed by atoms with Crippen molar-refractivity contribution in [3.63, 3.8) is 0 Å². The van der Waals surface area contributed by atoms with E-state index in [1.807, 2.05) is 4.40 Å². The maximum Gasteiger partial charge on any atom is 0.411 e. The minimum Gasteiger partial charge on any atom is -0.453 e. The summed E-state index contributed by atoms with van der Waals surface area (Å²) in [4.78, 5) is 17.5. The molecule has 3 heterocycles. The minimum atomic E-state index is -0.910. The molecule has 0 aliphatic heterocycles. The number of carbonyl (C=O) groups excluding carboxylic acids is 1. The molecule has 0 bridgehead atoms. The van der Waals surface area contributed by atoms with E-state index in [1.54, 1.807) is 59.0 Å². The predicted octanol–water partition coefficient (Wildman–Crippen LogP) is 2.80. The highest BCUT2D eigenvalue weighted by Gasteiger charge is 2.23. The normalized spacial score (nSPS) is 12.2. The third-order valence-corrected chi connectivity index (χ3v) is 5.57. The number of aliphatic hydroxyl groups excluding tert-OH is 1. The van der Waals surface area contributed by atoms with Crippen molar-refractivity contribution < 1.29 is 14.6 Å². The average molecular weight is 398 g/mol. The summed E-state index contributed by atoms with van der Waals surface area (Å²) in [6, 6.07) is 7.03. The maximum atomic E-state index is 11.3. The molecule has 9 nitrogen and oxygen atoms in total. The van der Waals surface area contributed by atoms with E-state index in [-0.39, 0.29) is 0 Å². The number of aryl methyl sites for hydroxylation is 1. The maximum absolute atomic E-state index is 11.3. The lowest BCUT2D eigenvalue weighted by molar-refractivity contribution is 0.187. The van der Waals surface area contributed by atoms with Gasteiger partial charge in [-0.25, -0.2) is 14.5 Å². The smallest absolute Gasteiger partial charge is 0.411 e. The number of imidazole rings is 1. The van der Waals surface area contributed by atoms with Gasteiger partial charge < -0.3 is 9.84 Å². The first kappa shape index (κ1) is 18.1. The molecule has 28 heavy (non-hydrogen) atoms. The Labute approximate surface area is 164 Å². The van der Waals surface area contributed by atoms with Gasteiger partial charge in [0.25, 0.3) is 0 Å². The Bertz CT molecular complexity index is 1110. The van der Waals surface area contributed by atoms with Crippen molar-refractivity contribution in [2.75, 3.05) is 12.4 Å². The quantitative estimate of drug-likeness (QED) is 0.535. The Morgan fingerprint density at radius 3 is 2.86 bits per heavy atom. The molecule has 10 heteroatoms. The zero-order valence-electron chi connectivity index (χ0n) is 15.2. The Morgan fingerprint density at radius 2 is 2.14 bits per heavy atom. The van der Waals surface area contributed by atoms with Crippen LogP contribution in [0.5, 0.6) is 0 Å². The van der Waals surface area contributed by atoms with Crippen LogP contribution in [0.25, 0.3) is 10.5 Å². The molecule has 1 amide bonds. The number of fused-ring (bicyclic) bond motifs is 1. The molecular weight excluding hydrogens is 380 g/mol. The lowest BCUT2D eigenvalue weighted by Crippen LogP contribution is -2.10. The zero-order chi connectivity index (χ0) is 19.7. The van der Waals surface area contributed by atoms with E-state index in [2.05, 4.69) is 32.3 Å². The highest BCUT2D eigenvalue weighted by molar-refractivity contribution is 7.17. The van der Waals surface area contributed by atoms with Crippen LogP contribution in [0.1, 0.15) is 29.3 Å². The van der Waals surface area contributed by atoms with Crippen LogP contribution >= 0.6 is 11.3 Å². The fraction of sp³-hybridized carbons (Fsp3) is 0.222. The standard InChI is InChI=1S/C18H18N6O3S/c1-3-14-16(23-10-19-8-15(23)28-14)17(25)13-9-24(22-21-13)12-6-4-11(5-7-12)20-18(26)27-2/h4-10,17,25H,3H2,1-2H3,(H,20,26). The van der Waals surface area contributed by atoms with Crippen LogP contribution in [-0.2, 0) is 11.2 Å². The number of hydrogen-bond acceptors (Lipinski definition) is 7. The molecule has 3 aromatic heterocycles. The number of aliphatic hydroxyl groups is 1. The van der Waals surface area contributed by atoms with Crippen molar-refractivity contribution >= 4 is 27.9 Å². The topological polar surface area (TPSA) is 107 Å². The first-order chi connectivity index (χ1) is 13.6. The molecule has 0 aliphatic rings. The summed E-state index contributed by atoms with van der Waals surface area (Å²) in [6.45, 7) is 2.05. The van der Waals surface area contributed by atoms with E-state index in [1.165, 1.54) is 7.11 Å². The highest BCUT2D eigenvalue weighted by Crippen LogP contribution is 2.31. The van der Waals surface area contributed by atoms with E-state index in [0.717, 1.165) is 27.5 Å². The number of nitrogens with zero attached hydrogens (tertiary/aromatic N) is 5. The summed E-state index contributed by atoms with van der Waals surface area (Å²) < 4.78 is 8.03. The Hall–Kier alpha value is -3.24. The number of anilines is 1. The number of methoxy groups -OCH3 is 1. The summed E-state index contributed by atoms with van der Waals surface area (Å²) in [5.41, 5.74) is 2.56. The average Bonchev–Trinajstić information content (AvgIpc) is 3.43. The van der Waals surface area contributed by atoms with E-state index in [4.69, 9.17) is 0 Å². The summed E-state index contributed by atoms with van der Waals surface area (Å²) in [7, 11) is 1.31. The number of amides is 1. The van der Waals surface area contributed by atoms with Gasteiger partial charge in [0.1, 0.15) is 23.0 Å². The van der Waals surface area contributed by atoms with Gasteiger partial charge in [-0.15, -0.1) is 16.4 Å². The van der Waals surface area contributed by atoms with Crippen LogP contribution in [0.15, 0.2) is 43.0 Å². The lowest BCUT2D eigenvalue weighted by atomic mass is 10.1. The van der Waals surface area contributed by atoms with Crippen LogP contribution < -0.4 is 5.32 Å². The van der Waals surface area contributed by atoms with Crippen molar-refractivity contribution in [1.82, 2.24) is 24.4 Å². The van der Waals surface area contributed by atoms with Crippen molar-refractivity contribution in [3.8, 4) is 5.69 Å². The fourth-order valence-corrected chi connectivity index (χ4v) is 3.99. The Morgan fingerprint density at radius 1 is 1.36 bits per heavy atom. The van der Waals surface area contributed by atoms with Crippen LogP contribution in [0.4, 0.5) is 10.5 Å². The number of nitrogens with one attached hydrogen (secondary N) is 1. The van der Waals surface area contributed by atoms with Gasteiger partial charge in [0.05, 0.1) is 30.9 Å². The second kappa shape index (κ2) is 7.41. The van der Waals surface area contributed by atoms with Gasteiger partial charge in [0, 0.05) is 10.6 Å². The zero-order valence-corrected chi connectivity index (χ0v) is 16.1. The summed E-state index contributed by atoms with van der Waals surface area (Å²) in [5.74, 6) is 0. The van der Waals surface area contributed by atoms with E-state index >= 15 is 0 Å². The molecule has 1 aromatic carbocycles. The number of thiazole rings is 1. The molecule has 0 radical (unpaired) electrons. The molecule has 144 valence electrons. The Kier molecular flexibility index (Phi) is 4.80. The van der Waals surface area contributed by atoms with Crippen molar-refractivity contribution in [3.05, 3.63) is 59.3 Å². The van der Waals surface area contributed by atoms with Crippen molar-refractivity contribution in [2.24, 2.45) is 0 Å². The molecule has 0 aliphatic carbocycles. The number of rotatable bonds is 5. The molecule has 0 saturated carbocycles. The molecule has 2 N–H and O–H groups in total. The van der Waals surface area contributed by atoms with Crippen LogP contribution in [0.3, 0.4) is 0 Å². The van der Waals surface area contributed by atoms with Gasteiger partial charge in [-0.1, -0.05) is 12.1 Å². The van der Waals surface area contributed by atoms with Gasteiger partial charge in [-0.2, -0.15) is 0 Å². The molecule has 1 atom stereocenters. The number of benzene rings is 1. The van der Waals surface area contributed by atoms with Gasteiger partial charge in [0.2, 0.25) is 0 Å². The second-order valence-electron chi connectivity index (χ2n) is 6.02. The molecule has 4 rings (SSSR count). The van der Waals surface area contributed by atoms with Gasteiger partial charge in [-0.3, -0.25) is 9.72 Å². The number of ether oxygens (including phenoxy) is 1. The van der Waals surface area contributed by atoms with Crippen LogP contribution in [-0.4, -0.2) is 42.7 Å². The SMILES string of the molecule is CCc1sc2cncn2c1C(O)c1cn(-c2ccc(NC(=O)OC)cc2)nn1. The first-order valence-electron chi connectivity index (χ1n) is 8.60. The molecule has 0 saturated heterocycles. The van der Waals surface area contributed by atoms with Gasteiger partial charge in [-0.05, 0) is 30.7 Å². The van der Waals surface area contributed by atoms with E-state index in [0.29, 0.717) is 11.4 Å². The van der Waals surface area contributed by atoms with Crippen LogP contribution in [0, 0.1) is 0 Å². The highest BCUT2D eigenvalue weighted by atomic mass is 32.1. The summed E-state index contributed by atoms with van der Waals surface area (Å²) in [6.07, 6.45) is 4.52. The monoisotopic (exact) mass is 398 g/mol. The van der Waals surface area contributed by atoms with Crippen molar-refractivity contribution in [1.29, 1.82) is 0 Å². The largest absolute Gasteiger partial charge is 0.453 e.